The number of hydrogen-bond donors (Lipinski definition) is 2. The second-order valence-corrected chi connectivity index (χ2v) is 3.82. The minimum absolute atomic E-state index is 0.189. The number of nitrogens with zero attached hydrogens (tertiary/aromatic N) is 1. The Morgan fingerprint density at radius 1 is 1.54 bits per heavy atom. The Labute approximate surface area is 80.1 Å². The van der Waals surface area contributed by atoms with E-state index >= 15 is 0 Å². The Morgan fingerprint density at radius 2 is 2.46 bits per heavy atom. The second-order valence-electron chi connectivity index (χ2n) is 2.71. The van der Waals surface area contributed by atoms with Crippen LogP contribution in [0, 0.1) is 0 Å². The van der Waals surface area contributed by atoms with E-state index in [2.05, 4.69) is 9.97 Å². The van der Waals surface area contributed by atoms with E-state index in [1.165, 1.54) is 0 Å². The molecule has 0 saturated heterocycles. The van der Waals surface area contributed by atoms with Gasteiger partial charge in [0.2, 0.25) is 0 Å². The summed E-state index contributed by atoms with van der Waals surface area (Å²) < 4.78 is 0. The molecule has 0 aromatic carbocycles. The number of nitrogens with one attached hydrogen (secondary N) is 1. The molecule has 2 aromatic heterocycles. The molecule has 0 unspecified atom stereocenters. The number of aliphatic hydroxyl groups is 1. The van der Waals surface area contributed by atoms with Crippen molar-refractivity contribution in [2.75, 3.05) is 6.61 Å². The number of H-pyrrole nitrogens is 1. The third-order valence-corrected chi connectivity index (χ3v) is 2.86. The average Bonchev–Trinajstić information content (AvgIpc) is 2.70. The summed E-state index contributed by atoms with van der Waals surface area (Å²) in [6.45, 7) is 0.189. The zero-order valence-electron chi connectivity index (χ0n) is 7.03. The molecule has 0 amide bonds. The highest BCUT2D eigenvalue weighted by atomic mass is 32.1. The number of hydrogen-bond acceptors (Lipinski definition) is 3. The standard InChI is InChI=1S/C9H10N2OS/c12-4-2-8-6-11-9(13-8)7-1-3-10-5-7/h1,3,5-6,10,12H,2,4H2. The summed E-state index contributed by atoms with van der Waals surface area (Å²) in [6, 6.07) is 1.99. The van der Waals surface area contributed by atoms with Crippen molar-refractivity contribution in [3.05, 3.63) is 29.5 Å². The molecule has 13 heavy (non-hydrogen) atoms. The van der Waals surface area contributed by atoms with Crippen LogP contribution in [0.1, 0.15) is 4.88 Å². The van der Waals surface area contributed by atoms with Crippen LogP contribution in [0.2, 0.25) is 0 Å². The van der Waals surface area contributed by atoms with Gasteiger partial charge in [-0.25, -0.2) is 4.98 Å². The van der Waals surface area contributed by atoms with Crippen molar-refractivity contribution in [3.8, 4) is 10.6 Å². The maximum absolute atomic E-state index is 8.73. The number of aliphatic hydroxyl groups excluding tert-OH is 1. The lowest BCUT2D eigenvalue weighted by atomic mass is 10.4. The average molecular weight is 194 g/mol. The monoisotopic (exact) mass is 194 g/mol. The molecule has 0 aliphatic heterocycles. The molecule has 0 fully saturated rings. The molecule has 0 bridgehead atoms. The van der Waals surface area contributed by atoms with Crippen LogP contribution < -0.4 is 0 Å². The molecule has 0 saturated carbocycles. The van der Waals surface area contributed by atoms with E-state index in [0.717, 1.165) is 15.4 Å². The van der Waals surface area contributed by atoms with E-state index in [0.29, 0.717) is 6.42 Å². The van der Waals surface area contributed by atoms with Crippen molar-refractivity contribution in [1.29, 1.82) is 0 Å². The van der Waals surface area contributed by atoms with Crippen LogP contribution >= 0.6 is 11.3 Å². The smallest absolute Gasteiger partial charge is 0.125 e. The van der Waals surface area contributed by atoms with Crippen LogP contribution in [0.15, 0.2) is 24.7 Å². The molecular weight excluding hydrogens is 184 g/mol. The first kappa shape index (κ1) is 8.47. The maximum Gasteiger partial charge on any atom is 0.125 e. The molecule has 2 N–H and O–H groups in total. The van der Waals surface area contributed by atoms with Gasteiger partial charge in [-0.15, -0.1) is 11.3 Å². The van der Waals surface area contributed by atoms with Crippen LogP contribution in [-0.4, -0.2) is 21.7 Å². The first-order chi connectivity index (χ1) is 6.40. The molecule has 0 spiro atoms. The Bertz CT molecular complexity index is 367. The van der Waals surface area contributed by atoms with Gasteiger partial charge >= 0.3 is 0 Å². The molecule has 2 aromatic rings. The number of rotatable bonds is 3. The van der Waals surface area contributed by atoms with Crippen molar-refractivity contribution >= 4 is 11.3 Å². The van der Waals surface area contributed by atoms with Gasteiger partial charge in [-0.05, 0) is 6.07 Å². The fourth-order valence-corrected chi connectivity index (χ4v) is 2.02. The van der Waals surface area contributed by atoms with Gasteiger partial charge in [0.1, 0.15) is 5.01 Å². The third-order valence-electron chi connectivity index (χ3n) is 1.76. The van der Waals surface area contributed by atoms with E-state index in [-0.39, 0.29) is 6.61 Å². The molecule has 0 aliphatic carbocycles. The van der Waals surface area contributed by atoms with Gasteiger partial charge in [0, 0.05) is 42.1 Å². The number of aromatic nitrogens is 2. The van der Waals surface area contributed by atoms with Crippen molar-refractivity contribution in [3.63, 3.8) is 0 Å². The molecular formula is C9H10N2OS. The Hall–Kier alpha value is -1.13. The highest BCUT2D eigenvalue weighted by Crippen LogP contribution is 2.24. The van der Waals surface area contributed by atoms with Gasteiger partial charge in [0.15, 0.2) is 0 Å². The molecule has 3 nitrogen and oxygen atoms in total. The van der Waals surface area contributed by atoms with Crippen LogP contribution in [0.4, 0.5) is 0 Å². The summed E-state index contributed by atoms with van der Waals surface area (Å²) in [5.74, 6) is 0. The summed E-state index contributed by atoms with van der Waals surface area (Å²) in [5, 5.41) is 9.74. The van der Waals surface area contributed by atoms with Gasteiger partial charge < -0.3 is 10.1 Å². The largest absolute Gasteiger partial charge is 0.396 e. The topological polar surface area (TPSA) is 48.9 Å². The van der Waals surface area contributed by atoms with Gasteiger partial charge in [-0.1, -0.05) is 0 Å². The molecule has 0 aliphatic rings. The van der Waals surface area contributed by atoms with E-state index in [1.54, 1.807) is 11.3 Å². The molecule has 4 heteroatoms. The van der Waals surface area contributed by atoms with Crippen molar-refractivity contribution in [2.45, 2.75) is 6.42 Å². The molecule has 0 radical (unpaired) electrons. The maximum atomic E-state index is 8.73. The predicted molar refractivity (Wildman–Crippen MR) is 52.7 cm³/mol. The fraction of sp³-hybridized carbons (Fsp3) is 0.222. The van der Waals surface area contributed by atoms with E-state index in [9.17, 15) is 0 Å². The quantitative estimate of drug-likeness (QED) is 0.781. The minimum Gasteiger partial charge on any atom is -0.396 e. The van der Waals surface area contributed by atoms with Crippen molar-refractivity contribution in [2.24, 2.45) is 0 Å². The highest BCUT2D eigenvalue weighted by molar-refractivity contribution is 7.15. The lowest BCUT2D eigenvalue weighted by Crippen LogP contribution is -1.84. The normalized spacial score (nSPS) is 10.5. The van der Waals surface area contributed by atoms with Crippen molar-refractivity contribution < 1.29 is 5.11 Å². The molecule has 68 valence electrons. The number of aromatic amines is 1. The first-order valence-corrected chi connectivity index (χ1v) is 4.90. The zero-order chi connectivity index (χ0) is 9.10. The Kier molecular flexibility index (Phi) is 2.42. The Morgan fingerprint density at radius 3 is 3.15 bits per heavy atom. The zero-order valence-corrected chi connectivity index (χ0v) is 7.84. The predicted octanol–water partition coefficient (Wildman–Crippen LogP) is 1.67. The lowest BCUT2D eigenvalue weighted by Gasteiger charge is -1.87. The van der Waals surface area contributed by atoms with E-state index in [1.807, 2.05) is 24.7 Å². The van der Waals surface area contributed by atoms with Gasteiger partial charge in [-0.3, -0.25) is 0 Å². The van der Waals surface area contributed by atoms with E-state index in [4.69, 9.17) is 5.11 Å². The van der Waals surface area contributed by atoms with Gasteiger partial charge in [0.25, 0.3) is 0 Å². The third kappa shape index (κ3) is 1.79. The van der Waals surface area contributed by atoms with E-state index < -0.39 is 0 Å². The van der Waals surface area contributed by atoms with Gasteiger partial charge in [-0.2, -0.15) is 0 Å². The Balaban J connectivity index is 2.23. The van der Waals surface area contributed by atoms with Crippen LogP contribution in [0.25, 0.3) is 10.6 Å². The second kappa shape index (κ2) is 3.72. The van der Waals surface area contributed by atoms with Gasteiger partial charge in [0.05, 0.1) is 0 Å². The summed E-state index contributed by atoms with van der Waals surface area (Å²) in [5.41, 5.74) is 1.11. The van der Waals surface area contributed by atoms with Crippen LogP contribution in [0.5, 0.6) is 0 Å². The molecule has 2 heterocycles. The van der Waals surface area contributed by atoms with Crippen molar-refractivity contribution in [1.82, 2.24) is 9.97 Å². The minimum atomic E-state index is 0.189. The molecule has 0 atom stereocenters. The SMILES string of the molecule is OCCc1cnc(-c2cc[nH]c2)s1. The number of thiazole rings is 1. The molecule has 2 rings (SSSR count). The highest BCUT2D eigenvalue weighted by Gasteiger charge is 2.03. The summed E-state index contributed by atoms with van der Waals surface area (Å²) in [7, 11) is 0. The summed E-state index contributed by atoms with van der Waals surface area (Å²) >= 11 is 1.62. The van der Waals surface area contributed by atoms with Crippen LogP contribution in [-0.2, 0) is 6.42 Å². The summed E-state index contributed by atoms with van der Waals surface area (Å²) in [4.78, 5) is 8.38. The summed E-state index contributed by atoms with van der Waals surface area (Å²) in [6.07, 6.45) is 6.31. The fourth-order valence-electron chi connectivity index (χ4n) is 1.12. The first-order valence-electron chi connectivity index (χ1n) is 4.09. The lowest BCUT2D eigenvalue weighted by molar-refractivity contribution is 0.300. The van der Waals surface area contributed by atoms with Crippen LogP contribution in [0.3, 0.4) is 0 Å².